The van der Waals surface area contributed by atoms with Crippen LogP contribution in [0.4, 0.5) is 5.82 Å². The van der Waals surface area contributed by atoms with Gasteiger partial charge in [0.05, 0.1) is 0 Å². The van der Waals surface area contributed by atoms with Gasteiger partial charge in [0.15, 0.2) is 5.82 Å². The van der Waals surface area contributed by atoms with Crippen molar-refractivity contribution in [2.24, 2.45) is 11.7 Å². The van der Waals surface area contributed by atoms with Gasteiger partial charge in [-0.05, 0) is 32.2 Å². The van der Waals surface area contributed by atoms with Crippen molar-refractivity contribution in [2.45, 2.75) is 19.8 Å². The first kappa shape index (κ1) is 9.52. The van der Waals surface area contributed by atoms with Gasteiger partial charge >= 0.3 is 0 Å². The summed E-state index contributed by atoms with van der Waals surface area (Å²) in [6.45, 7) is 4.99. The molecule has 0 spiro atoms. The monoisotopic (exact) mass is 194 g/mol. The van der Waals surface area contributed by atoms with Gasteiger partial charge in [0.25, 0.3) is 0 Å². The van der Waals surface area contributed by atoms with Crippen LogP contribution in [0.1, 0.15) is 18.5 Å². The van der Waals surface area contributed by atoms with Crippen LogP contribution in [0, 0.1) is 12.8 Å². The third-order valence-electron chi connectivity index (χ3n) is 2.87. The zero-order valence-electron chi connectivity index (χ0n) is 8.66. The SMILES string of the molecule is Cc1cc(N2CCC[C@H](CN)C2)n[nH]1. The van der Waals surface area contributed by atoms with Crippen molar-refractivity contribution in [3.63, 3.8) is 0 Å². The Labute approximate surface area is 84.5 Å². The topological polar surface area (TPSA) is 57.9 Å². The lowest BCUT2D eigenvalue weighted by molar-refractivity contribution is 0.421. The highest BCUT2D eigenvalue weighted by Gasteiger charge is 2.20. The van der Waals surface area contributed by atoms with Gasteiger partial charge in [0.2, 0.25) is 0 Å². The molecule has 0 bridgehead atoms. The summed E-state index contributed by atoms with van der Waals surface area (Å²) >= 11 is 0. The lowest BCUT2D eigenvalue weighted by Gasteiger charge is -2.32. The first-order valence-corrected chi connectivity index (χ1v) is 5.26. The fraction of sp³-hybridized carbons (Fsp3) is 0.700. The predicted octanol–water partition coefficient (Wildman–Crippen LogP) is 0.893. The molecule has 14 heavy (non-hydrogen) atoms. The van der Waals surface area contributed by atoms with Crippen LogP contribution in [-0.2, 0) is 0 Å². The van der Waals surface area contributed by atoms with E-state index in [9.17, 15) is 0 Å². The molecule has 1 saturated heterocycles. The van der Waals surface area contributed by atoms with Crippen molar-refractivity contribution in [2.75, 3.05) is 24.5 Å². The van der Waals surface area contributed by atoms with E-state index in [4.69, 9.17) is 5.73 Å². The Bertz CT molecular complexity index is 294. The molecular formula is C10H18N4. The quantitative estimate of drug-likeness (QED) is 0.735. The van der Waals surface area contributed by atoms with Gasteiger partial charge in [-0.2, -0.15) is 5.10 Å². The highest BCUT2D eigenvalue weighted by molar-refractivity contribution is 5.39. The van der Waals surface area contributed by atoms with E-state index in [0.29, 0.717) is 5.92 Å². The van der Waals surface area contributed by atoms with Gasteiger partial charge in [-0.3, -0.25) is 5.10 Å². The second-order valence-electron chi connectivity index (χ2n) is 4.10. The number of piperidine rings is 1. The standard InChI is InChI=1S/C10H18N4/c1-8-5-10(13-12-8)14-4-2-3-9(6-11)7-14/h5,9H,2-4,6-7,11H2,1H3,(H,12,13)/t9-/m1/s1. The van der Waals surface area contributed by atoms with E-state index in [1.54, 1.807) is 0 Å². The van der Waals surface area contributed by atoms with Crippen LogP contribution in [-0.4, -0.2) is 29.8 Å². The first-order valence-electron chi connectivity index (χ1n) is 5.26. The highest BCUT2D eigenvalue weighted by Crippen LogP contribution is 2.21. The van der Waals surface area contributed by atoms with E-state index < -0.39 is 0 Å². The number of rotatable bonds is 2. The molecular weight excluding hydrogens is 176 g/mol. The Kier molecular flexibility index (Phi) is 2.72. The van der Waals surface area contributed by atoms with Gasteiger partial charge in [0, 0.05) is 24.8 Å². The maximum atomic E-state index is 5.69. The minimum Gasteiger partial charge on any atom is -0.355 e. The minimum absolute atomic E-state index is 0.640. The molecule has 0 unspecified atom stereocenters. The van der Waals surface area contributed by atoms with Crippen molar-refractivity contribution in [1.82, 2.24) is 10.2 Å². The molecule has 1 aliphatic heterocycles. The Morgan fingerprint density at radius 3 is 3.21 bits per heavy atom. The normalized spacial score (nSPS) is 22.7. The molecule has 1 aliphatic rings. The van der Waals surface area contributed by atoms with Crippen molar-refractivity contribution in [3.05, 3.63) is 11.8 Å². The maximum Gasteiger partial charge on any atom is 0.150 e. The average Bonchev–Trinajstić information content (AvgIpc) is 2.65. The summed E-state index contributed by atoms with van der Waals surface area (Å²) in [4.78, 5) is 2.32. The molecule has 1 aromatic heterocycles. The van der Waals surface area contributed by atoms with Crippen LogP contribution < -0.4 is 10.6 Å². The minimum atomic E-state index is 0.640. The van der Waals surface area contributed by atoms with Gasteiger partial charge in [-0.25, -0.2) is 0 Å². The maximum absolute atomic E-state index is 5.69. The number of nitrogens with one attached hydrogen (secondary N) is 1. The van der Waals surface area contributed by atoms with Crippen molar-refractivity contribution in [1.29, 1.82) is 0 Å². The summed E-state index contributed by atoms with van der Waals surface area (Å²) in [5.74, 6) is 1.71. The number of nitrogens with zero attached hydrogens (tertiary/aromatic N) is 2. The molecule has 0 aliphatic carbocycles. The molecule has 2 rings (SSSR count). The Morgan fingerprint density at radius 2 is 2.57 bits per heavy atom. The van der Waals surface area contributed by atoms with Crippen molar-refractivity contribution < 1.29 is 0 Å². The molecule has 1 aromatic rings. The Balaban J connectivity index is 2.04. The lowest BCUT2D eigenvalue weighted by Crippen LogP contribution is -2.38. The fourth-order valence-corrected chi connectivity index (χ4v) is 2.03. The van der Waals surface area contributed by atoms with Gasteiger partial charge in [-0.15, -0.1) is 0 Å². The van der Waals surface area contributed by atoms with E-state index in [-0.39, 0.29) is 0 Å². The molecule has 0 saturated carbocycles. The number of anilines is 1. The molecule has 78 valence electrons. The molecule has 2 heterocycles. The molecule has 1 atom stereocenters. The first-order chi connectivity index (χ1) is 6.79. The summed E-state index contributed by atoms with van der Waals surface area (Å²) in [7, 11) is 0. The predicted molar refractivity (Wildman–Crippen MR) is 57.3 cm³/mol. The second-order valence-corrected chi connectivity index (χ2v) is 4.10. The summed E-state index contributed by atoms with van der Waals surface area (Å²) < 4.78 is 0. The number of hydrogen-bond donors (Lipinski definition) is 2. The molecule has 0 aromatic carbocycles. The number of aromatic amines is 1. The van der Waals surface area contributed by atoms with Crippen LogP contribution in [0.3, 0.4) is 0 Å². The number of aromatic nitrogens is 2. The van der Waals surface area contributed by atoms with E-state index in [2.05, 4.69) is 21.2 Å². The number of nitrogens with two attached hydrogens (primary N) is 1. The molecule has 1 fully saturated rings. The third-order valence-corrected chi connectivity index (χ3v) is 2.87. The third kappa shape index (κ3) is 1.90. The van der Waals surface area contributed by atoms with Crippen molar-refractivity contribution in [3.8, 4) is 0 Å². The van der Waals surface area contributed by atoms with Gasteiger partial charge < -0.3 is 10.6 Å². The highest BCUT2D eigenvalue weighted by atomic mass is 15.3. The smallest absolute Gasteiger partial charge is 0.150 e. The molecule has 0 amide bonds. The largest absolute Gasteiger partial charge is 0.355 e. The summed E-state index contributed by atoms with van der Waals surface area (Å²) in [5.41, 5.74) is 6.81. The van der Waals surface area contributed by atoms with E-state index in [1.165, 1.54) is 12.8 Å². The van der Waals surface area contributed by atoms with Crippen LogP contribution in [0.2, 0.25) is 0 Å². The zero-order valence-corrected chi connectivity index (χ0v) is 8.66. The van der Waals surface area contributed by atoms with E-state index >= 15 is 0 Å². The van der Waals surface area contributed by atoms with Crippen LogP contribution in [0.15, 0.2) is 6.07 Å². The summed E-state index contributed by atoms with van der Waals surface area (Å²) in [6.07, 6.45) is 2.49. The zero-order chi connectivity index (χ0) is 9.97. The number of H-pyrrole nitrogens is 1. The molecule has 0 radical (unpaired) electrons. The van der Waals surface area contributed by atoms with Crippen molar-refractivity contribution >= 4 is 5.82 Å². The Morgan fingerprint density at radius 1 is 1.71 bits per heavy atom. The average molecular weight is 194 g/mol. The number of aryl methyl sites for hydroxylation is 1. The van der Waals surface area contributed by atoms with Crippen LogP contribution >= 0.6 is 0 Å². The van der Waals surface area contributed by atoms with Gasteiger partial charge in [0.1, 0.15) is 0 Å². The lowest BCUT2D eigenvalue weighted by atomic mass is 9.98. The van der Waals surface area contributed by atoms with Crippen LogP contribution in [0.5, 0.6) is 0 Å². The Hall–Kier alpha value is -1.03. The fourth-order valence-electron chi connectivity index (χ4n) is 2.03. The molecule has 4 heteroatoms. The van der Waals surface area contributed by atoms with E-state index in [0.717, 1.165) is 31.1 Å². The summed E-state index contributed by atoms with van der Waals surface area (Å²) in [5, 5.41) is 7.24. The van der Waals surface area contributed by atoms with E-state index in [1.807, 2.05) is 6.92 Å². The molecule has 4 nitrogen and oxygen atoms in total. The number of hydrogen-bond acceptors (Lipinski definition) is 3. The second kappa shape index (κ2) is 4.00. The van der Waals surface area contributed by atoms with Gasteiger partial charge in [-0.1, -0.05) is 0 Å². The summed E-state index contributed by atoms with van der Waals surface area (Å²) in [6, 6.07) is 2.10. The van der Waals surface area contributed by atoms with Crippen LogP contribution in [0.25, 0.3) is 0 Å². The molecule has 3 N–H and O–H groups in total.